The van der Waals surface area contributed by atoms with Gasteiger partial charge in [0.1, 0.15) is 11.6 Å². The summed E-state index contributed by atoms with van der Waals surface area (Å²) in [5.74, 6) is 2.57. The van der Waals surface area contributed by atoms with Gasteiger partial charge in [-0.25, -0.2) is 9.37 Å². The highest BCUT2D eigenvalue weighted by molar-refractivity contribution is 5.82. The van der Waals surface area contributed by atoms with Crippen molar-refractivity contribution in [2.24, 2.45) is 5.92 Å². The number of imidazole rings is 1. The van der Waals surface area contributed by atoms with Gasteiger partial charge in [0.15, 0.2) is 0 Å². The number of hydrogen-bond donors (Lipinski definition) is 1. The molecule has 1 aliphatic carbocycles. The van der Waals surface area contributed by atoms with Gasteiger partial charge in [0, 0.05) is 18.0 Å². The van der Waals surface area contributed by atoms with Crippen molar-refractivity contribution in [3.05, 3.63) is 71.4 Å². The van der Waals surface area contributed by atoms with Gasteiger partial charge in [0.2, 0.25) is 0 Å². The molecule has 0 saturated heterocycles. The predicted molar refractivity (Wildman–Crippen MR) is 120 cm³/mol. The van der Waals surface area contributed by atoms with E-state index in [-0.39, 0.29) is 5.82 Å². The average molecular weight is 402 g/mol. The van der Waals surface area contributed by atoms with Crippen molar-refractivity contribution >= 4 is 21.9 Å². The van der Waals surface area contributed by atoms with E-state index in [1.165, 1.54) is 30.0 Å². The van der Waals surface area contributed by atoms with Gasteiger partial charge in [-0.05, 0) is 91.0 Å². The van der Waals surface area contributed by atoms with E-state index in [1.54, 1.807) is 12.1 Å². The fourth-order valence-electron chi connectivity index (χ4n) is 4.98. The van der Waals surface area contributed by atoms with Crippen LogP contribution in [-0.2, 0) is 6.42 Å². The molecule has 4 aromatic rings. The molecule has 2 aromatic heterocycles. The number of halogens is 1. The second-order valence-electron chi connectivity index (χ2n) is 9.10. The molecule has 4 heteroatoms. The first-order valence-corrected chi connectivity index (χ1v) is 11.1. The molecule has 1 fully saturated rings. The maximum Gasteiger partial charge on any atom is 0.123 e. The molecule has 0 amide bonds. The third kappa shape index (κ3) is 3.71. The van der Waals surface area contributed by atoms with E-state index in [0.29, 0.717) is 17.8 Å². The first kappa shape index (κ1) is 19.2. The maximum atomic E-state index is 13.8. The minimum atomic E-state index is -0.184. The fourth-order valence-corrected chi connectivity index (χ4v) is 4.98. The minimum Gasteiger partial charge on any atom is -0.342 e. The molecule has 2 aromatic carbocycles. The van der Waals surface area contributed by atoms with E-state index in [0.717, 1.165) is 47.0 Å². The SMILES string of the molecule is CC(C)c1ccc2[nH]c(CC3CCC(c4ccnc5ccc(F)cc45)CC3)nc2c1. The van der Waals surface area contributed by atoms with Gasteiger partial charge < -0.3 is 4.98 Å². The van der Waals surface area contributed by atoms with Crippen LogP contribution < -0.4 is 0 Å². The molecule has 0 radical (unpaired) electrons. The summed E-state index contributed by atoms with van der Waals surface area (Å²) in [6.45, 7) is 4.43. The lowest BCUT2D eigenvalue weighted by Gasteiger charge is -2.29. The molecule has 0 unspecified atom stereocenters. The van der Waals surface area contributed by atoms with Crippen LogP contribution in [0, 0.1) is 11.7 Å². The maximum absolute atomic E-state index is 13.8. The summed E-state index contributed by atoms with van der Waals surface area (Å²) in [7, 11) is 0. The third-order valence-corrected chi connectivity index (χ3v) is 6.73. The molecule has 0 aliphatic heterocycles. The van der Waals surface area contributed by atoms with Gasteiger partial charge in [-0.3, -0.25) is 4.98 Å². The Morgan fingerprint density at radius 2 is 1.83 bits per heavy atom. The number of aromatic amines is 1. The normalized spacial score (nSPS) is 19.7. The van der Waals surface area contributed by atoms with Crippen LogP contribution in [0.1, 0.15) is 68.3 Å². The van der Waals surface area contributed by atoms with Crippen molar-refractivity contribution in [2.75, 3.05) is 0 Å². The van der Waals surface area contributed by atoms with Crippen LogP contribution in [0.2, 0.25) is 0 Å². The Labute approximate surface area is 176 Å². The van der Waals surface area contributed by atoms with Gasteiger partial charge in [-0.2, -0.15) is 0 Å². The highest BCUT2D eigenvalue weighted by atomic mass is 19.1. The van der Waals surface area contributed by atoms with Crippen molar-refractivity contribution in [3.8, 4) is 0 Å². The number of hydrogen-bond acceptors (Lipinski definition) is 2. The average Bonchev–Trinajstić information content (AvgIpc) is 3.15. The molecule has 1 N–H and O–H groups in total. The summed E-state index contributed by atoms with van der Waals surface area (Å²) in [6, 6.07) is 13.6. The number of nitrogens with one attached hydrogen (secondary N) is 1. The molecule has 0 atom stereocenters. The Hall–Kier alpha value is -2.75. The van der Waals surface area contributed by atoms with E-state index in [4.69, 9.17) is 4.98 Å². The molecule has 1 aliphatic rings. The number of fused-ring (bicyclic) bond motifs is 2. The first-order chi connectivity index (χ1) is 14.6. The zero-order valence-corrected chi connectivity index (χ0v) is 17.7. The zero-order valence-electron chi connectivity index (χ0n) is 17.7. The van der Waals surface area contributed by atoms with Gasteiger partial charge in [-0.15, -0.1) is 0 Å². The summed E-state index contributed by atoms with van der Waals surface area (Å²) in [5.41, 5.74) is 5.69. The fraction of sp³-hybridized carbons (Fsp3) is 0.385. The quantitative estimate of drug-likeness (QED) is 0.404. The Balaban J connectivity index is 1.29. The number of pyridine rings is 1. The summed E-state index contributed by atoms with van der Waals surface area (Å²) < 4.78 is 13.8. The molecule has 2 heterocycles. The number of benzene rings is 2. The molecule has 3 nitrogen and oxygen atoms in total. The van der Waals surface area contributed by atoms with E-state index in [9.17, 15) is 4.39 Å². The molecule has 0 bridgehead atoms. The molecule has 30 heavy (non-hydrogen) atoms. The number of aromatic nitrogens is 3. The van der Waals surface area contributed by atoms with E-state index < -0.39 is 0 Å². The zero-order chi connectivity index (χ0) is 20.7. The van der Waals surface area contributed by atoms with Crippen LogP contribution in [-0.4, -0.2) is 15.0 Å². The van der Waals surface area contributed by atoms with Crippen LogP contribution in [0.4, 0.5) is 4.39 Å². The molecule has 1 saturated carbocycles. The van der Waals surface area contributed by atoms with Gasteiger partial charge in [0.25, 0.3) is 0 Å². The molecular formula is C26H28FN3. The van der Waals surface area contributed by atoms with E-state index in [2.05, 4.69) is 48.1 Å². The lowest BCUT2D eigenvalue weighted by molar-refractivity contribution is 0.322. The van der Waals surface area contributed by atoms with Gasteiger partial charge >= 0.3 is 0 Å². The van der Waals surface area contributed by atoms with Crippen molar-refractivity contribution in [3.63, 3.8) is 0 Å². The Morgan fingerprint density at radius 3 is 2.63 bits per heavy atom. The lowest BCUT2D eigenvalue weighted by atomic mass is 9.77. The molecule has 154 valence electrons. The van der Waals surface area contributed by atoms with E-state index >= 15 is 0 Å². The van der Waals surface area contributed by atoms with Crippen LogP contribution in [0.15, 0.2) is 48.7 Å². The van der Waals surface area contributed by atoms with Crippen LogP contribution in [0.5, 0.6) is 0 Å². The molecule has 5 rings (SSSR count). The van der Waals surface area contributed by atoms with Gasteiger partial charge in [-0.1, -0.05) is 19.9 Å². The predicted octanol–water partition coefficient (Wildman–Crippen LogP) is 6.89. The molecule has 0 spiro atoms. The van der Waals surface area contributed by atoms with Crippen molar-refractivity contribution < 1.29 is 4.39 Å². The molecular weight excluding hydrogens is 373 g/mol. The third-order valence-electron chi connectivity index (χ3n) is 6.73. The van der Waals surface area contributed by atoms with E-state index in [1.807, 2.05) is 6.20 Å². The number of rotatable bonds is 4. The topological polar surface area (TPSA) is 41.6 Å². The summed E-state index contributed by atoms with van der Waals surface area (Å²) >= 11 is 0. The summed E-state index contributed by atoms with van der Waals surface area (Å²) in [5, 5.41) is 0.971. The lowest BCUT2D eigenvalue weighted by Crippen LogP contribution is -2.16. The Kier molecular flexibility index (Phi) is 5.01. The van der Waals surface area contributed by atoms with Crippen LogP contribution >= 0.6 is 0 Å². The summed E-state index contributed by atoms with van der Waals surface area (Å²) in [6.07, 6.45) is 7.50. The minimum absolute atomic E-state index is 0.184. The second-order valence-corrected chi connectivity index (χ2v) is 9.10. The Bertz CT molecular complexity index is 1190. The summed E-state index contributed by atoms with van der Waals surface area (Å²) in [4.78, 5) is 12.8. The second kappa shape index (κ2) is 7.82. The Morgan fingerprint density at radius 1 is 1.00 bits per heavy atom. The van der Waals surface area contributed by atoms with Crippen LogP contribution in [0.25, 0.3) is 21.9 Å². The van der Waals surface area contributed by atoms with Crippen molar-refractivity contribution in [1.29, 1.82) is 0 Å². The van der Waals surface area contributed by atoms with Crippen molar-refractivity contribution in [1.82, 2.24) is 15.0 Å². The standard InChI is InChI=1S/C26H28FN3/c1-16(2)19-7-9-24-25(14-19)30-26(29-24)13-17-3-5-18(6-4-17)21-11-12-28-23-10-8-20(27)15-22(21)23/h7-12,14-18H,3-6,13H2,1-2H3,(H,29,30). The number of nitrogens with zero attached hydrogens (tertiary/aromatic N) is 2. The highest BCUT2D eigenvalue weighted by Crippen LogP contribution is 2.39. The van der Waals surface area contributed by atoms with Crippen molar-refractivity contribution in [2.45, 2.75) is 57.8 Å². The smallest absolute Gasteiger partial charge is 0.123 e. The van der Waals surface area contributed by atoms with Crippen LogP contribution in [0.3, 0.4) is 0 Å². The number of H-pyrrole nitrogens is 1. The van der Waals surface area contributed by atoms with Gasteiger partial charge in [0.05, 0.1) is 16.6 Å². The largest absolute Gasteiger partial charge is 0.342 e. The monoisotopic (exact) mass is 401 g/mol. The highest BCUT2D eigenvalue weighted by Gasteiger charge is 2.25. The first-order valence-electron chi connectivity index (χ1n) is 11.1.